The highest BCUT2D eigenvalue weighted by Gasteiger charge is 2.25. The summed E-state index contributed by atoms with van der Waals surface area (Å²) in [5.41, 5.74) is 0. The standard InChI is InChI=1S/C12H17BrN4O/c1-3-10-16-9(13)6-11(17-10)14-7(2)12(18)15-8-4-5-8/h6-8H,3-5H2,1-2H3,(H,15,18)(H,14,16,17). The SMILES string of the molecule is CCc1nc(Br)cc(NC(C)C(=O)NC2CC2)n1. The Balaban J connectivity index is 1.98. The first-order valence-electron chi connectivity index (χ1n) is 6.19. The first-order valence-corrected chi connectivity index (χ1v) is 6.98. The van der Waals surface area contributed by atoms with E-state index in [0.717, 1.165) is 29.7 Å². The van der Waals surface area contributed by atoms with E-state index in [1.165, 1.54) is 0 Å². The number of carbonyl (C=O) groups is 1. The minimum atomic E-state index is -0.294. The van der Waals surface area contributed by atoms with Crippen molar-refractivity contribution in [1.82, 2.24) is 15.3 Å². The van der Waals surface area contributed by atoms with Gasteiger partial charge in [0.05, 0.1) is 0 Å². The first-order chi connectivity index (χ1) is 8.58. The first kappa shape index (κ1) is 13.3. The van der Waals surface area contributed by atoms with Crippen LogP contribution in [0, 0.1) is 0 Å². The second-order valence-corrected chi connectivity index (χ2v) is 5.31. The lowest BCUT2D eigenvalue weighted by molar-refractivity contribution is -0.121. The molecular weight excluding hydrogens is 296 g/mol. The second-order valence-electron chi connectivity index (χ2n) is 4.49. The number of amides is 1. The van der Waals surface area contributed by atoms with E-state index in [1.54, 1.807) is 6.07 Å². The number of hydrogen-bond donors (Lipinski definition) is 2. The molecule has 0 saturated heterocycles. The Morgan fingerprint density at radius 3 is 2.89 bits per heavy atom. The van der Waals surface area contributed by atoms with Gasteiger partial charge in [0, 0.05) is 18.5 Å². The Kier molecular flexibility index (Phi) is 4.16. The van der Waals surface area contributed by atoms with Gasteiger partial charge >= 0.3 is 0 Å². The lowest BCUT2D eigenvalue weighted by Crippen LogP contribution is -2.38. The van der Waals surface area contributed by atoms with Gasteiger partial charge in [-0.25, -0.2) is 9.97 Å². The smallest absolute Gasteiger partial charge is 0.242 e. The third-order valence-electron chi connectivity index (χ3n) is 2.74. The number of rotatable bonds is 5. The summed E-state index contributed by atoms with van der Waals surface area (Å²) < 4.78 is 0.728. The fraction of sp³-hybridized carbons (Fsp3) is 0.583. The number of hydrogen-bond acceptors (Lipinski definition) is 4. The van der Waals surface area contributed by atoms with Crippen LogP contribution in [0.2, 0.25) is 0 Å². The zero-order chi connectivity index (χ0) is 13.1. The zero-order valence-corrected chi connectivity index (χ0v) is 12.1. The van der Waals surface area contributed by atoms with E-state index in [2.05, 4.69) is 36.5 Å². The largest absolute Gasteiger partial charge is 0.358 e. The predicted molar refractivity (Wildman–Crippen MR) is 73.4 cm³/mol. The molecule has 1 aromatic heterocycles. The molecule has 0 spiro atoms. The van der Waals surface area contributed by atoms with Crippen molar-refractivity contribution in [3.05, 3.63) is 16.5 Å². The van der Waals surface area contributed by atoms with E-state index in [0.29, 0.717) is 11.9 Å². The molecule has 1 atom stereocenters. The molecule has 5 nitrogen and oxygen atoms in total. The number of carbonyl (C=O) groups excluding carboxylic acids is 1. The highest BCUT2D eigenvalue weighted by Crippen LogP contribution is 2.19. The Labute approximate surface area is 115 Å². The normalized spacial score (nSPS) is 16.2. The van der Waals surface area contributed by atoms with Crippen molar-refractivity contribution in [1.29, 1.82) is 0 Å². The van der Waals surface area contributed by atoms with E-state index in [1.807, 2.05) is 13.8 Å². The Hall–Kier alpha value is -1.17. The van der Waals surface area contributed by atoms with Crippen LogP contribution in [-0.2, 0) is 11.2 Å². The fourth-order valence-electron chi connectivity index (χ4n) is 1.54. The van der Waals surface area contributed by atoms with Crippen LogP contribution in [0.3, 0.4) is 0 Å². The van der Waals surface area contributed by atoms with Gasteiger partial charge in [-0.3, -0.25) is 4.79 Å². The molecule has 6 heteroatoms. The molecule has 1 fully saturated rings. The number of nitrogens with zero attached hydrogens (tertiary/aromatic N) is 2. The van der Waals surface area contributed by atoms with Crippen molar-refractivity contribution in [3.63, 3.8) is 0 Å². The maximum Gasteiger partial charge on any atom is 0.242 e. The zero-order valence-electron chi connectivity index (χ0n) is 10.5. The topological polar surface area (TPSA) is 66.9 Å². The molecule has 0 aromatic carbocycles. The molecule has 1 amide bonds. The van der Waals surface area contributed by atoms with Crippen molar-refractivity contribution in [2.75, 3.05) is 5.32 Å². The number of anilines is 1. The van der Waals surface area contributed by atoms with Gasteiger partial charge in [0.1, 0.15) is 22.3 Å². The van der Waals surface area contributed by atoms with Gasteiger partial charge < -0.3 is 10.6 Å². The second kappa shape index (κ2) is 5.65. The summed E-state index contributed by atoms with van der Waals surface area (Å²) in [5, 5.41) is 6.06. The lowest BCUT2D eigenvalue weighted by atomic mass is 10.3. The van der Waals surface area contributed by atoms with Crippen LogP contribution in [0.1, 0.15) is 32.5 Å². The molecule has 0 bridgehead atoms. The van der Waals surface area contributed by atoms with Crippen molar-refractivity contribution in [2.24, 2.45) is 0 Å². The Morgan fingerprint density at radius 2 is 2.28 bits per heavy atom. The van der Waals surface area contributed by atoms with Gasteiger partial charge in [0.15, 0.2) is 0 Å². The van der Waals surface area contributed by atoms with Gasteiger partial charge in [-0.2, -0.15) is 0 Å². The lowest BCUT2D eigenvalue weighted by Gasteiger charge is -2.14. The summed E-state index contributed by atoms with van der Waals surface area (Å²) in [5.74, 6) is 1.44. The van der Waals surface area contributed by atoms with Crippen molar-refractivity contribution in [2.45, 2.75) is 45.2 Å². The fourth-order valence-corrected chi connectivity index (χ4v) is 1.96. The van der Waals surface area contributed by atoms with Gasteiger partial charge in [-0.05, 0) is 35.7 Å². The predicted octanol–water partition coefficient (Wildman–Crippen LogP) is 1.88. The Morgan fingerprint density at radius 1 is 1.56 bits per heavy atom. The molecule has 1 aliphatic rings. The maximum atomic E-state index is 11.8. The van der Waals surface area contributed by atoms with Gasteiger partial charge in [0.2, 0.25) is 5.91 Å². The average molecular weight is 313 g/mol. The molecule has 1 aromatic rings. The van der Waals surface area contributed by atoms with Crippen LogP contribution in [0.25, 0.3) is 0 Å². The average Bonchev–Trinajstić information content (AvgIpc) is 3.11. The summed E-state index contributed by atoms with van der Waals surface area (Å²) in [6.07, 6.45) is 2.95. The van der Waals surface area contributed by atoms with Crippen LogP contribution in [-0.4, -0.2) is 28.0 Å². The van der Waals surface area contributed by atoms with Gasteiger partial charge in [-0.1, -0.05) is 6.92 Å². The van der Waals surface area contributed by atoms with E-state index in [-0.39, 0.29) is 11.9 Å². The number of aryl methyl sites for hydroxylation is 1. The van der Waals surface area contributed by atoms with Crippen molar-refractivity contribution >= 4 is 27.7 Å². The quantitative estimate of drug-likeness (QED) is 0.815. The summed E-state index contributed by atoms with van der Waals surface area (Å²) in [7, 11) is 0. The molecule has 1 aliphatic carbocycles. The molecule has 1 heterocycles. The minimum Gasteiger partial charge on any atom is -0.358 e. The molecule has 98 valence electrons. The minimum absolute atomic E-state index is 0.0188. The molecule has 1 saturated carbocycles. The highest BCUT2D eigenvalue weighted by molar-refractivity contribution is 9.10. The van der Waals surface area contributed by atoms with E-state index < -0.39 is 0 Å². The summed E-state index contributed by atoms with van der Waals surface area (Å²) in [4.78, 5) is 20.4. The van der Waals surface area contributed by atoms with Crippen molar-refractivity contribution < 1.29 is 4.79 Å². The van der Waals surface area contributed by atoms with E-state index in [4.69, 9.17) is 0 Å². The molecule has 0 radical (unpaired) electrons. The Bertz CT molecular complexity index is 448. The summed E-state index contributed by atoms with van der Waals surface area (Å²) in [6.45, 7) is 3.83. The van der Waals surface area contributed by atoms with E-state index >= 15 is 0 Å². The van der Waals surface area contributed by atoms with E-state index in [9.17, 15) is 4.79 Å². The number of aromatic nitrogens is 2. The molecule has 2 N–H and O–H groups in total. The molecule has 18 heavy (non-hydrogen) atoms. The molecule has 1 unspecified atom stereocenters. The molecule has 0 aliphatic heterocycles. The van der Waals surface area contributed by atoms with Crippen LogP contribution in [0.4, 0.5) is 5.82 Å². The van der Waals surface area contributed by atoms with Crippen molar-refractivity contribution in [3.8, 4) is 0 Å². The maximum absolute atomic E-state index is 11.8. The van der Waals surface area contributed by atoms with Crippen LogP contribution >= 0.6 is 15.9 Å². The summed E-state index contributed by atoms with van der Waals surface area (Å²) in [6, 6.07) is 1.86. The van der Waals surface area contributed by atoms with Gasteiger partial charge in [0.25, 0.3) is 0 Å². The third-order valence-corrected chi connectivity index (χ3v) is 3.15. The molecular formula is C12H17BrN4O. The van der Waals surface area contributed by atoms with Gasteiger partial charge in [-0.15, -0.1) is 0 Å². The number of nitrogens with one attached hydrogen (secondary N) is 2. The third kappa shape index (κ3) is 3.66. The van der Waals surface area contributed by atoms with Crippen LogP contribution in [0.15, 0.2) is 10.7 Å². The highest BCUT2D eigenvalue weighted by atomic mass is 79.9. The monoisotopic (exact) mass is 312 g/mol. The molecule has 2 rings (SSSR count). The van der Waals surface area contributed by atoms with Crippen LogP contribution < -0.4 is 10.6 Å². The number of halogens is 1. The van der Waals surface area contributed by atoms with Crippen LogP contribution in [0.5, 0.6) is 0 Å². The summed E-state index contributed by atoms with van der Waals surface area (Å²) >= 11 is 3.34.